The molecule has 4 bridgehead atoms. The summed E-state index contributed by atoms with van der Waals surface area (Å²) in [5.74, 6) is -0.689. The lowest BCUT2D eigenvalue weighted by Crippen LogP contribution is -2.27. The maximum absolute atomic E-state index is 14.0. The molecule has 3 aromatic rings. The number of alkyl halides is 3. The van der Waals surface area contributed by atoms with Crippen molar-refractivity contribution in [2.75, 3.05) is 22.7 Å². The van der Waals surface area contributed by atoms with Gasteiger partial charge < -0.3 is 10.0 Å². The van der Waals surface area contributed by atoms with Gasteiger partial charge in [-0.05, 0) is 61.9 Å². The normalized spacial score (nSPS) is 16.1. The summed E-state index contributed by atoms with van der Waals surface area (Å²) < 4.78 is 71.0. The zero-order valence-corrected chi connectivity index (χ0v) is 23.3. The summed E-state index contributed by atoms with van der Waals surface area (Å²) in [7, 11) is -4.29. The number of hydrogen-bond donors (Lipinski definition) is 2. The molecule has 0 unspecified atom stereocenters. The van der Waals surface area contributed by atoms with Gasteiger partial charge in [0.1, 0.15) is 11.6 Å². The Bertz CT molecular complexity index is 1460. The number of hydrogen-bond acceptors (Lipinski definition) is 6. The van der Waals surface area contributed by atoms with Crippen LogP contribution in [0.5, 0.6) is 0 Å². The number of rotatable bonds is 5. The molecule has 8 nitrogen and oxygen atoms in total. The third-order valence-electron chi connectivity index (χ3n) is 6.96. The van der Waals surface area contributed by atoms with Crippen LogP contribution >= 0.6 is 0 Å². The van der Waals surface area contributed by atoms with Gasteiger partial charge >= 0.3 is 12.1 Å². The molecule has 1 aromatic carbocycles. The number of carboxylic acids is 1. The first-order valence-corrected chi connectivity index (χ1v) is 15.2. The third kappa shape index (κ3) is 8.18. The van der Waals surface area contributed by atoms with Crippen LogP contribution in [0.2, 0.25) is 0 Å². The summed E-state index contributed by atoms with van der Waals surface area (Å²) in [6.07, 6.45) is 1.36. The monoisotopic (exact) mass is 590 g/mol. The van der Waals surface area contributed by atoms with Crippen molar-refractivity contribution in [3.8, 4) is 11.3 Å². The lowest BCUT2D eigenvalue weighted by atomic mass is 9.96. The molecule has 12 heteroatoms. The summed E-state index contributed by atoms with van der Waals surface area (Å²) in [6.45, 7) is 1.14. The van der Waals surface area contributed by atoms with E-state index in [4.69, 9.17) is 5.11 Å². The number of aliphatic carboxylic acids is 1. The van der Waals surface area contributed by atoms with Crippen molar-refractivity contribution in [3.05, 3.63) is 65.7 Å². The minimum atomic E-state index is -4.69. The summed E-state index contributed by atoms with van der Waals surface area (Å²) in [6, 6.07) is 13.2. The average molecular weight is 591 g/mol. The molecule has 41 heavy (non-hydrogen) atoms. The van der Waals surface area contributed by atoms with Crippen LogP contribution in [0.1, 0.15) is 62.5 Å². The Morgan fingerprint density at radius 3 is 2.46 bits per heavy atom. The highest BCUT2D eigenvalue weighted by Gasteiger charge is 2.35. The maximum Gasteiger partial charge on any atom is 0.418 e. The summed E-state index contributed by atoms with van der Waals surface area (Å²) in [5, 5.41) is 8.66. The van der Waals surface area contributed by atoms with E-state index in [0.29, 0.717) is 49.3 Å². The van der Waals surface area contributed by atoms with Crippen molar-refractivity contribution in [2.45, 2.75) is 69.0 Å². The number of aryl methyl sites for hydroxylation is 1. The summed E-state index contributed by atoms with van der Waals surface area (Å²) in [5.41, 5.74) is -0.237. The van der Waals surface area contributed by atoms with Crippen LogP contribution in [0.25, 0.3) is 11.3 Å². The maximum atomic E-state index is 14.0. The fraction of sp³-hybridized carbons (Fsp3) is 0.414. The molecule has 4 rings (SSSR count). The molecule has 0 fully saturated rings. The molecule has 0 spiro atoms. The van der Waals surface area contributed by atoms with E-state index in [1.54, 1.807) is 36.4 Å². The Hall–Kier alpha value is -3.67. The standard InChI is InChI=1S/C29H33F3N4O4S/c30-29(31,32)23-17-18-24-33-28(23)22-13-6-5-12-21(22)11-4-2-1-3-8-19-36(20-9-7-16-27(37)38)25-14-10-15-26(34-25)41(39,40)35-24/h5-6,10,12-15,17-18H,1-4,7-9,11,16,19-20H2,(H,33,35)(H,37,38). The van der Waals surface area contributed by atoms with Gasteiger partial charge in [0.2, 0.25) is 0 Å². The van der Waals surface area contributed by atoms with Gasteiger partial charge in [-0.2, -0.15) is 21.6 Å². The Kier molecular flexibility index (Phi) is 9.85. The van der Waals surface area contributed by atoms with E-state index in [2.05, 4.69) is 14.7 Å². The Morgan fingerprint density at radius 1 is 0.927 bits per heavy atom. The second kappa shape index (κ2) is 13.3. The zero-order valence-electron chi connectivity index (χ0n) is 22.5. The van der Waals surface area contributed by atoms with E-state index in [9.17, 15) is 26.4 Å². The van der Waals surface area contributed by atoms with Gasteiger partial charge in [-0.15, -0.1) is 0 Å². The molecule has 0 radical (unpaired) electrons. The number of benzene rings is 1. The molecule has 0 atom stereocenters. The van der Waals surface area contributed by atoms with E-state index >= 15 is 0 Å². The van der Waals surface area contributed by atoms with Crippen LogP contribution in [0, 0.1) is 0 Å². The average Bonchev–Trinajstić information content (AvgIpc) is 2.92. The molecular weight excluding hydrogens is 557 g/mol. The van der Waals surface area contributed by atoms with Crippen LogP contribution in [0.3, 0.4) is 0 Å². The van der Waals surface area contributed by atoms with Crippen molar-refractivity contribution in [1.82, 2.24) is 9.97 Å². The SMILES string of the molecule is O=C(O)CCCCN1CCCCCCCc2ccccc2-c2nc(ccc2C(F)(F)F)NS(=O)(=O)c2cccc1n2. The molecule has 2 N–H and O–H groups in total. The Balaban J connectivity index is 1.72. The van der Waals surface area contributed by atoms with Crippen LogP contribution in [-0.4, -0.2) is 42.6 Å². The number of unbranched alkanes of at least 4 members (excludes halogenated alkanes) is 1. The quantitative estimate of drug-likeness (QED) is 0.325. The van der Waals surface area contributed by atoms with Crippen molar-refractivity contribution in [3.63, 3.8) is 0 Å². The van der Waals surface area contributed by atoms with E-state index in [1.807, 2.05) is 4.90 Å². The van der Waals surface area contributed by atoms with Crippen LogP contribution in [0.15, 0.2) is 59.6 Å². The van der Waals surface area contributed by atoms with Gasteiger partial charge in [-0.3, -0.25) is 9.52 Å². The highest BCUT2D eigenvalue weighted by Crippen LogP contribution is 2.38. The molecule has 2 aromatic heterocycles. The van der Waals surface area contributed by atoms with Gasteiger partial charge in [0, 0.05) is 25.1 Å². The van der Waals surface area contributed by atoms with Crippen LogP contribution in [-0.2, 0) is 27.4 Å². The molecule has 3 heterocycles. The van der Waals surface area contributed by atoms with Gasteiger partial charge in [-0.25, -0.2) is 9.97 Å². The lowest BCUT2D eigenvalue weighted by molar-refractivity contribution is -0.138. The molecule has 220 valence electrons. The number of nitrogens with zero attached hydrogens (tertiary/aromatic N) is 3. The highest BCUT2D eigenvalue weighted by atomic mass is 32.2. The highest BCUT2D eigenvalue weighted by molar-refractivity contribution is 7.92. The van der Waals surface area contributed by atoms with Gasteiger partial charge in [0.25, 0.3) is 10.0 Å². The summed E-state index contributed by atoms with van der Waals surface area (Å²) >= 11 is 0. The predicted molar refractivity (Wildman–Crippen MR) is 150 cm³/mol. The number of aromatic nitrogens is 2. The largest absolute Gasteiger partial charge is 0.481 e. The smallest absolute Gasteiger partial charge is 0.418 e. The number of carboxylic acid groups (broad SMARTS) is 1. The minimum absolute atomic E-state index is 0.0465. The van der Waals surface area contributed by atoms with E-state index in [1.165, 1.54) is 6.07 Å². The number of fused-ring (bicyclic) bond motifs is 6. The number of pyridine rings is 2. The van der Waals surface area contributed by atoms with Gasteiger partial charge in [0.15, 0.2) is 5.03 Å². The van der Waals surface area contributed by atoms with Crippen LogP contribution in [0.4, 0.5) is 24.8 Å². The number of halogens is 3. The zero-order chi connectivity index (χ0) is 29.5. The van der Waals surface area contributed by atoms with Gasteiger partial charge in [0.05, 0.1) is 11.3 Å². The van der Waals surface area contributed by atoms with Crippen molar-refractivity contribution >= 4 is 27.6 Å². The van der Waals surface area contributed by atoms with E-state index in [-0.39, 0.29) is 23.0 Å². The molecule has 1 aliphatic heterocycles. The number of anilines is 2. The number of sulfonamides is 1. The number of carbonyl (C=O) groups is 1. The minimum Gasteiger partial charge on any atom is -0.481 e. The fourth-order valence-electron chi connectivity index (χ4n) is 4.91. The van der Waals surface area contributed by atoms with E-state index in [0.717, 1.165) is 44.2 Å². The summed E-state index contributed by atoms with van der Waals surface area (Å²) in [4.78, 5) is 21.4. The molecule has 0 aliphatic carbocycles. The van der Waals surface area contributed by atoms with E-state index < -0.39 is 27.7 Å². The topological polar surface area (TPSA) is 112 Å². The number of nitrogens with one attached hydrogen (secondary N) is 1. The molecule has 0 saturated heterocycles. The third-order valence-corrected chi connectivity index (χ3v) is 8.22. The van der Waals surface area contributed by atoms with Crippen LogP contribution < -0.4 is 9.62 Å². The second-order valence-corrected chi connectivity index (χ2v) is 11.7. The molecular formula is C29H33F3N4O4S. The molecule has 0 saturated carbocycles. The van der Waals surface area contributed by atoms with Crippen molar-refractivity contribution in [1.29, 1.82) is 0 Å². The first kappa shape index (κ1) is 30.3. The van der Waals surface area contributed by atoms with Crippen molar-refractivity contribution < 1.29 is 31.5 Å². The van der Waals surface area contributed by atoms with Crippen molar-refractivity contribution in [2.24, 2.45) is 0 Å². The second-order valence-electron chi connectivity index (χ2n) is 10.0. The Labute approximate surface area is 237 Å². The van der Waals surface area contributed by atoms with Gasteiger partial charge in [-0.1, -0.05) is 49.6 Å². The fourth-order valence-corrected chi connectivity index (χ4v) is 5.87. The molecule has 1 aliphatic rings. The molecule has 0 amide bonds. The first-order valence-electron chi connectivity index (χ1n) is 13.7. The predicted octanol–water partition coefficient (Wildman–Crippen LogP) is 6.53. The lowest BCUT2D eigenvalue weighted by Gasteiger charge is -2.24. The first-order chi connectivity index (χ1) is 19.5. The Morgan fingerprint density at radius 2 is 1.68 bits per heavy atom.